The number of esters is 2. The van der Waals surface area contributed by atoms with E-state index in [2.05, 4.69) is 4.72 Å². The molecular formula is C18H22N2O8S. The van der Waals surface area contributed by atoms with E-state index in [1.165, 1.54) is 0 Å². The zero-order chi connectivity index (χ0) is 21.7. The number of rotatable bonds is 8. The molecule has 0 spiro atoms. The summed E-state index contributed by atoms with van der Waals surface area (Å²) in [7, 11) is -3.95. The largest absolute Gasteiger partial charge is 0.453 e. The van der Waals surface area contributed by atoms with Gasteiger partial charge in [-0.1, -0.05) is 30.3 Å². The van der Waals surface area contributed by atoms with E-state index in [0.717, 1.165) is 25.7 Å². The molecule has 29 heavy (non-hydrogen) atoms. The number of hydrogen-bond acceptors (Lipinski definition) is 9. The molecule has 11 heteroatoms. The molecule has 1 fully saturated rings. The van der Waals surface area contributed by atoms with E-state index < -0.39 is 46.0 Å². The van der Waals surface area contributed by atoms with E-state index in [0.29, 0.717) is 0 Å². The Morgan fingerprint density at radius 3 is 2.34 bits per heavy atom. The minimum absolute atomic E-state index is 0.164. The predicted molar refractivity (Wildman–Crippen MR) is 98.4 cm³/mol. The van der Waals surface area contributed by atoms with Crippen molar-refractivity contribution in [3.63, 3.8) is 0 Å². The molecule has 0 aromatic heterocycles. The first-order valence-corrected chi connectivity index (χ1v) is 10.5. The van der Waals surface area contributed by atoms with E-state index in [9.17, 15) is 23.3 Å². The van der Waals surface area contributed by atoms with Gasteiger partial charge >= 0.3 is 11.9 Å². The molecule has 0 amide bonds. The van der Waals surface area contributed by atoms with Crippen LogP contribution < -0.4 is 4.72 Å². The van der Waals surface area contributed by atoms with Gasteiger partial charge in [-0.2, -0.15) is 9.98 Å². The van der Waals surface area contributed by atoms with Crippen LogP contribution in [0.15, 0.2) is 30.3 Å². The minimum Gasteiger partial charge on any atom is -0.453 e. The highest BCUT2D eigenvalue weighted by molar-refractivity contribution is 7.88. The average molecular weight is 426 g/mol. The van der Waals surface area contributed by atoms with Gasteiger partial charge in [0.1, 0.15) is 6.10 Å². The van der Waals surface area contributed by atoms with Crippen LogP contribution in [0.4, 0.5) is 0 Å². The molecule has 1 aromatic rings. The van der Waals surface area contributed by atoms with Crippen LogP contribution in [0, 0.1) is 11.3 Å². The summed E-state index contributed by atoms with van der Waals surface area (Å²) >= 11 is 0. The summed E-state index contributed by atoms with van der Waals surface area (Å²) in [6.45, 7) is 2.11. The second-order valence-electron chi connectivity index (χ2n) is 6.49. The number of sulfonamides is 1. The minimum atomic E-state index is -3.95. The third-order valence-electron chi connectivity index (χ3n) is 4.00. The number of carbonyl (C=O) groups is 2. The molecule has 1 aliphatic rings. The summed E-state index contributed by atoms with van der Waals surface area (Å²) in [5, 5.41) is 9.86. The summed E-state index contributed by atoms with van der Waals surface area (Å²) in [6, 6.07) is 11.0. The summed E-state index contributed by atoms with van der Waals surface area (Å²) in [5.41, 5.74) is -1.21. The summed E-state index contributed by atoms with van der Waals surface area (Å²) in [4.78, 5) is 23.0. The average Bonchev–Trinajstić information content (AvgIpc) is 2.87. The van der Waals surface area contributed by atoms with Crippen molar-refractivity contribution in [1.82, 2.24) is 4.72 Å². The highest BCUT2D eigenvalue weighted by Gasteiger charge is 2.62. The Balaban J connectivity index is 2.32. The zero-order valence-electron chi connectivity index (χ0n) is 16.2. The molecule has 0 radical (unpaired) electrons. The van der Waals surface area contributed by atoms with Crippen molar-refractivity contribution in [2.45, 2.75) is 44.5 Å². The molecule has 1 aliphatic heterocycles. The van der Waals surface area contributed by atoms with Crippen LogP contribution in [0.5, 0.6) is 0 Å². The number of nitrogens with one attached hydrogen (secondary N) is 1. The van der Waals surface area contributed by atoms with Crippen LogP contribution in [0.2, 0.25) is 0 Å². The Kier molecular flexibility index (Phi) is 7.32. The zero-order valence-corrected chi connectivity index (χ0v) is 17.0. The Bertz CT molecular complexity index is 883. The van der Waals surface area contributed by atoms with Gasteiger partial charge in [0.15, 0.2) is 11.6 Å². The first kappa shape index (κ1) is 22.8. The van der Waals surface area contributed by atoms with Crippen molar-refractivity contribution in [3.05, 3.63) is 35.9 Å². The number of hydrogen-bond donors (Lipinski definition) is 1. The van der Waals surface area contributed by atoms with Crippen LogP contribution in [0.25, 0.3) is 0 Å². The van der Waals surface area contributed by atoms with Gasteiger partial charge in [0.05, 0.1) is 25.5 Å². The van der Waals surface area contributed by atoms with E-state index in [1.807, 2.05) is 36.4 Å². The van der Waals surface area contributed by atoms with Gasteiger partial charge in [-0.25, -0.2) is 8.42 Å². The molecule has 1 aromatic carbocycles. The Morgan fingerprint density at radius 1 is 1.21 bits per heavy atom. The fourth-order valence-electron chi connectivity index (χ4n) is 2.94. The lowest BCUT2D eigenvalue weighted by Gasteiger charge is -2.31. The lowest BCUT2D eigenvalue weighted by atomic mass is 9.91. The van der Waals surface area contributed by atoms with Gasteiger partial charge in [-0.05, 0) is 5.56 Å². The Hall–Kier alpha value is -2.52. The number of carbonyl (C=O) groups excluding carboxylic acids is 2. The van der Waals surface area contributed by atoms with Gasteiger partial charge in [0.2, 0.25) is 16.3 Å². The molecule has 2 rings (SSSR count). The van der Waals surface area contributed by atoms with Gasteiger partial charge in [-0.15, -0.1) is 0 Å². The molecule has 0 unspecified atom stereocenters. The Labute approximate surface area is 168 Å². The van der Waals surface area contributed by atoms with Crippen molar-refractivity contribution in [2.24, 2.45) is 0 Å². The number of benzene rings is 1. The molecule has 4 atom stereocenters. The first-order valence-electron chi connectivity index (χ1n) is 8.59. The maximum Gasteiger partial charge on any atom is 0.305 e. The molecule has 0 saturated carbocycles. The van der Waals surface area contributed by atoms with Crippen molar-refractivity contribution in [2.75, 3.05) is 12.9 Å². The second kappa shape index (κ2) is 9.32. The lowest BCUT2D eigenvalue weighted by molar-refractivity contribution is -0.196. The van der Waals surface area contributed by atoms with E-state index >= 15 is 0 Å². The number of nitriles is 1. The summed E-state index contributed by atoms with van der Waals surface area (Å²) in [6.07, 6.45) is -3.40. The molecule has 1 heterocycles. The van der Waals surface area contributed by atoms with Gasteiger partial charge < -0.3 is 18.9 Å². The van der Waals surface area contributed by atoms with Crippen LogP contribution in [-0.4, -0.2) is 57.3 Å². The molecule has 0 bridgehead atoms. The molecule has 0 aliphatic carbocycles. The first-order chi connectivity index (χ1) is 13.6. The fraction of sp³-hybridized carbons (Fsp3) is 0.500. The SMILES string of the molecule is CC(=O)O[C@@H]1O[C@H](COCc2ccccc2)[C@@](C#N)(NS(C)(=O)=O)[C@H]1OC(C)=O. The second-order valence-corrected chi connectivity index (χ2v) is 8.24. The van der Waals surface area contributed by atoms with Crippen LogP contribution in [-0.2, 0) is 45.2 Å². The Morgan fingerprint density at radius 2 is 1.83 bits per heavy atom. The van der Waals surface area contributed by atoms with Gasteiger partial charge in [-0.3, -0.25) is 9.59 Å². The van der Waals surface area contributed by atoms with Crippen molar-refractivity contribution < 1.29 is 37.0 Å². The highest BCUT2D eigenvalue weighted by atomic mass is 32.2. The maximum atomic E-state index is 11.9. The summed E-state index contributed by atoms with van der Waals surface area (Å²) < 4.78 is 47.4. The van der Waals surface area contributed by atoms with Crippen LogP contribution >= 0.6 is 0 Å². The van der Waals surface area contributed by atoms with Crippen LogP contribution in [0.3, 0.4) is 0 Å². The van der Waals surface area contributed by atoms with Crippen molar-refractivity contribution in [3.8, 4) is 6.07 Å². The van der Waals surface area contributed by atoms with Crippen molar-refractivity contribution in [1.29, 1.82) is 5.26 Å². The standard InChI is InChI=1S/C18H22N2O8S/c1-12(21)26-16-17(27-13(2)22)28-15(18(16,11-19)20-29(3,23)24)10-25-9-14-7-5-4-6-8-14/h4-8,15-17,20H,9-10H2,1-3H3/t15-,16+,17-,18-/m1/s1. The fourth-order valence-corrected chi connectivity index (χ4v) is 3.84. The normalized spacial score (nSPS) is 26.5. The third-order valence-corrected chi connectivity index (χ3v) is 4.71. The number of nitrogens with zero attached hydrogens (tertiary/aromatic N) is 1. The molecule has 1 saturated heterocycles. The topological polar surface area (TPSA) is 141 Å². The van der Waals surface area contributed by atoms with Crippen LogP contribution in [0.1, 0.15) is 19.4 Å². The summed E-state index contributed by atoms with van der Waals surface area (Å²) in [5.74, 6) is -1.57. The molecule has 1 N–H and O–H groups in total. The lowest BCUT2D eigenvalue weighted by Crippen LogP contribution is -2.62. The smallest absolute Gasteiger partial charge is 0.305 e. The molecule has 158 valence electrons. The third kappa shape index (κ3) is 5.98. The van der Waals surface area contributed by atoms with Gasteiger partial charge in [0, 0.05) is 13.8 Å². The van der Waals surface area contributed by atoms with Crippen molar-refractivity contribution >= 4 is 22.0 Å². The monoisotopic (exact) mass is 426 g/mol. The quantitative estimate of drug-likeness (QED) is 0.578. The number of ether oxygens (including phenoxy) is 4. The van der Waals surface area contributed by atoms with E-state index in [4.69, 9.17) is 18.9 Å². The predicted octanol–water partition coefficient (Wildman–Crippen LogP) is 0.234. The van der Waals surface area contributed by atoms with E-state index in [-0.39, 0.29) is 13.2 Å². The highest BCUT2D eigenvalue weighted by Crippen LogP contribution is 2.35. The molecular weight excluding hydrogens is 404 g/mol. The van der Waals surface area contributed by atoms with E-state index in [1.54, 1.807) is 0 Å². The molecule has 10 nitrogen and oxygen atoms in total. The maximum absolute atomic E-state index is 11.9. The van der Waals surface area contributed by atoms with Gasteiger partial charge in [0.25, 0.3) is 0 Å².